The van der Waals surface area contributed by atoms with Crippen molar-refractivity contribution in [2.45, 2.75) is 12.5 Å². The third-order valence-electron chi connectivity index (χ3n) is 2.85. The van der Waals surface area contributed by atoms with Crippen molar-refractivity contribution in [1.82, 2.24) is 4.98 Å². The van der Waals surface area contributed by atoms with Crippen LogP contribution in [-0.4, -0.2) is 44.4 Å². The maximum absolute atomic E-state index is 11.1. The van der Waals surface area contributed by atoms with Gasteiger partial charge in [-0.1, -0.05) is 6.07 Å². The van der Waals surface area contributed by atoms with Crippen molar-refractivity contribution in [3.8, 4) is 0 Å². The molecule has 0 unspecified atom stereocenters. The van der Waals surface area contributed by atoms with E-state index in [9.17, 15) is 4.79 Å². The van der Waals surface area contributed by atoms with E-state index < -0.39 is 0 Å². The Morgan fingerprint density at radius 3 is 2.88 bits per heavy atom. The number of nitrogens with zero attached hydrogens (tertiary/aromatic N) is 2. The number of carbonyl (C=O) groups excluding carboxylic acids is 1. The van der Waals surface area contributed by atoms with E-state index in [2.05, 4.69) is 14.6 Å². The lowest BCUT2D eigenvalue weighted by molar-refractivity contribution is -0.139. The average Bonchev–Trinajstić information content (AvgIpc) is 2.28. The molecule has 0 amide bonds. The van der Waals surface area contributed by atoms with E-state index in [1.165, 1.54) is 7.11 Å². The SMILES string of the molecule is COC(=O)Cc1cccc(N2CC(OC)C2)n1. The lowest BCUT2D eigenvalue weighted by atomic mass is 10.1. The van der Waals surface area contributed by atoms with Crippen molar-refractivity contribution >= 4 is 11.8 Å². The van der Waals surface area contributed by atoms with Crippen LogP contribution in [0.5, 0.6) is 0 Å². The quantitative estimate of drug-likeness (QED) is 0.718. The van der Waals surface area contributed by atoms with Crippen LogP contribution >= 0.6 is 0 Å². The largest absolute Gasteiger partial charge is 0.469 e. The molecular formula is C12H16N2O3. The molecule has 0 atom stereocenters. The lowest BCUT2D eigenvalue weighted by Crippen LogP contribution is -2.52. The van der Waals surface area contributed by atoms with Gasteiger partial charge in [0.1, 0.15) is 5.82 Å². The molecule has 1 saturated heterocycles. The van der Waals surface area contributed by atoms with Gasteiger partial charge in [0, 0.05) is 20.2 Å². The van der Waals surface area contributed by atoms with E-state index in [-0.39, 0.29) is 12.4 Å². The molecule has 0 aromatic carbocycles. The molecule has 17 heavy (non-hydrogen) atoms. The van der Waals surface area contributed by atoms with Crippen LogP contribution in [0.25, 0.3) is 0 Å². The van der Waals surface area contributed by atoms with Crippen molar-refractivity contribution in [3.63, 3.8) is 0 Å². The first kappa shape index (κ1) is 11.9. The number of esters is 1. The first-order chi connectivity index (χ1) is 8.22. The smallest absolute Gasteiger partial charge is 0.311 e. The number of aromatic nitrogens is 1. The maximum Gasteiger partial charge on any atom is 0.311 e. The number of rotatable bonds is 4. The monoisotopic (exact) mass is 236 g/mol. The predicted molar refractivity (Wildman–Crippen MR) is 63.0 cm³/mol. The Labute approximate surface area is 100 Å². The van der Waals surface area contributed by atoms with Crippen molar-refractivity contribution in [3.05, 3.63) is 23.9 Å². The number of ether oxygens (including phenoxy) is 2. The second-order valence-corrected chi connectivity index (χ2v) is 4.00. The minimum Gasteiger partial charge on any atom is -0.469 e. The molecule has 2 rings (SSSR count). The number of hydrogen-bond acceptors (Lipinski definition) is 5. The fourth-order valence-corrected chi connectivity index (χ4v) is 1.74. The lowest BCUT2D eigenvalue weighted by Gasteiger charge is -2.39. The zero-order chi connectivity index (χ0) is 12.3. The van der Waals surface area contributed by atoms with E-state index in [1.54, 1.807) is 7.11 Å². The molecule has 0 radical (unpaired) electrons. The minimum absolute atomic E-state index is 0.214. The number of anilines is 1. The Hall–Kier alpha value is -1.62. The second kappa shape index (κ2) is 5.14. The van der Waals surface area contributed by atoms with Gasteiger partial charge in [-0.15, -0.1) is 0 Å². The van der Waals surface area contributed by atoms with Crippen molar-refractivity contribution in [1.29, 1.82) is 0 Å². The normalized spacial score (nSPS) is 15.5. The molecular weight excluding hydrogens is 220 g/mol. The molecule has 1 aliphatic heterocycles. The number of carbonyl (C=O) groups is 1. The Morgan fingerprint density at radius 1 is 1.47 bits per heavy atom. The zero-order valence-electron chi connectivity index (χ0n) is 10.0. The highest BCUT2D eigenvalue weighted by Gasteiger charge is 2.27. The summed E-state index contributed by atoms with van der Waals surface area (Å²) in [7, 11) is 3.09. The standard InChI is InChI=1S/C12H16N2O3/c1-16-10-7-14(8-10)11-5-3-4-9(13-11)6-12(15)17-2/h3-5,10H,6-8H2,1-2H3. The van der Waals surface area contributed by atoms with Crippen molar-refractivity contribution in [2.24, 2.45) is 0 Å². The zero-order valence-corrected chi connectivity index (χ0v) is 10.0. The highest BCUT2D eigenvalue weighted by Crippen LogP contribution is 2.20. The molecule has 0 N–H and O–H groups in total. The van der Waals surface area contributed by atoms with Crippen LogP contribution in [0.2, 0.25) is 0 Å². The van der Waals surface area contributed by atoms with Crippen LogP contribution in [0.4, 0.5) is 5.82 Å². The molecule has 92 valence electrons. The van der Waals surface area contributed by atoms with E-state index in [0.717, 1.165) is 24.6 Å². The summed E-state index contributed by atoms with van der Waals surface area (Å²) < 4.78 is 9.82. The summed E-state index contributed by atoms with van der Waals surface area (Å²) in [4.78, 5) is 17.7. The molecule has 1 aromatic rings. The average molecular weight is 236 g/mol. The van der Waals surface area contributed by atoms with Gasteiger partial charge < -0.3 is 14.4 Å². The summed E-state index contributed by atoms with van der Waals surface area (Å²) in [6.07, 6.45) is 0.507. The predicted octanol–water partition coefficient (Wildman–Crippen LogP) is 0.632. The van der Waals surface area contributed by atoms with Gasteiger partial charge in [0.15, 0.2) is 0 Å². The van der Waals surface area contributed by atoms with Gasteiger partial charge in [-0.25, -0.2) is 4.98 Å². The van der Waals surface area contributed by atoms with E-state index in [1.807, 2.05) is 18.2 Å². The van der Waals surface area contributed by atoms with Gasteiger partial charge in [-0.05, 0) is 12.1 Å². The molecule has 2 heterocycles. The van der Waals surface area contributed by atoms with Crippen LogP contribution in [0.3, 0.4) is 0 Å². The number of pyridine rings is 1. The third-order valence-corrected chi connectivity index (χ3v) is 2.85. The molecule has 0 saturated carbocycles. The third kappa shape index (κ3) is 2.74. The number of hydrogen-bond donors (Lipinski definition) is 0. The fourth-order valence-electron chi connectivity index (χ4n) is 1.74. The van der Waals surface area contributed by atoms with Gasteiger partial charge in [0.25, 0.3) is 0 Å². The topological polar surface area (TPSA) is 51.7 Å². The first-order valence-corrected chi connectivity index (χ1v) is 5.53. The first-order valence-electron chi connectivity index (χ1n) is 5.53. The van der Waals surface area contributed by atoms with Gasteiger partial charge in [-0.2, -0.15) is 0 Å². The Kier molecular flexibility index (Phi) is 3.58. The highest BCUT2D eigenvalue weighted by molar-refractivity contribution is 5.71. The van der Waals surface area contributed by atoms with Crippen LogP contribution < -0.4 is 4.90 Å². The van der Waals surface area contributed by atoms with Gasteiger partial charge in [0.2, 0.25) is 0 Å². The van der Waals surface area contributed by atoms with Crippen LogP contribution in [0.15, 0.2) is 18.2 Å². The summed E-state index contributed by atoms with van der Waals surface area (Å²) in [5, 5.41) is 0. The molecule has 1 aromatic heterocycles. The van der Waals surface area contributed by atoms with E-state index >= 15 is 0 Å². The van der Waals surface area contributed by atoms with Crippen molar-refractivity contribution in [2.75, 3.05) is 32.2 Å². The van der Waals surface area contributed by atoms with Crippen LogP contribution in [0.1, 0.15) is 5.69 Å². The molecule has 5 heteroatoms. The molecule has 1 fully saturated rings. The Balaban J connectivity index is 2.00. The van der Waals surface area contributed by atoms with Gasteiger partial charge in [0.05, 0.1) is 25.3 Å². The number of methoxy groups -OCH3 is 2. The molecule has 0 bridgehead atoms. The molecule has 0 spiro atoms. The summed E-state index contributed by atoms with van der Waals surface area (Å²) in [6, 6.07) is 5.67. The van der Waals surface area contributed by atoms with Crippen LogP contribution in [-0.2, 0) is 20.7 Å². The maximum atomic E-state index is 11.1. The summed E-state index contributed by atoms with van der Waals surface area (Å²) in [6.45, 7) is 1.70. The van der Waals surface area contributed by atoms with Gasteiger partial charge >= 0.3 is 5.97 Å². The van der Waals surface area contributed by atoms with E-state index in [4.69, 9.17) is 4.74 Å². The van der Waals surface area contributed by atoms with Gasteiger partial charge in [-0.3, -0.25) is 4.79 Å². The Morgan fingerprint density at radius 2 is 2.24 bits per heavy atom. The summed E-state index contributed by atoms with van der Waals surface area (Å²) in [5.74, 6) is 0.618. The fraction of sp³-hybridized carbons (Fsp3) is 0.500. The highest BCUT2D eigenvalue weighted by atomic mass is 16.5. The van der Waals surface area contributed by atoms with E-state index in [0.29, 0.717) is 6.10 Å². The second-order valence-electron chi connectivity index (χ2n) is 4.00. The molecule has 5 nitrogen and oxygen atoms in total. The Bertz CT molecular complexity index is 402. The van der Waals surface area contributed by atoms with Crippen molar-refractivity contribution < 1.29 is 14.3 Å². The molecule has 1 aliphatic rings. The summed E-state index contributed by atoms with van der Waals surface area (Å²) >= 11 is 0. The molecule has 0 aliphatic carbocycles. The summed E-state index contributed by atoms with van der Waals surface area (Å²) in [5.41, 5.74) is 0.732. The van der Waals surface area contributed by atoms with Crippen LogP contribution in [0, 0.1) is 0 Å². The minimum atomic E-state index is -0.270.